The Morgan fingerprint density at radius 2 is 1.81 bits per heavy atom. The second-order valence-electron chi connectivity index (χ2n) is 3.37. The molecular formula is C11H15N3O2. The minimum absolute atomic E-state index is 0.577. The fourth-order valence-electron chi connectivity index (χ4n) is 1.30. The molecular weight excluding hydrogens is 206 g/mol. The number of hydrogen-bond acceptors (Lipinski definition) is 3. The summed E-state index contributed by atoms with van der Waals surface area (Å²) in [5, 5.41) is 2.43. The van der Waals surface area contributed by atoms with Crippen LogP contribution >= 0.6 is 0 Å². The number of carbonyl (C=O) groups is 2. The van der Waals surface area contributed by atoms with Crippen LogP contribution < -0.4 is 16.6 Å². The highest BCUT2D eigenvalue weighted by atomic mass is 16.2. The molecule has 0 saturated carbocycles. The van der Waals surface area contributed by atoms with Crippen LogP contribution in [0.15, 0.2) is 24.3 Å². The average molecular weight is 221 g/mol. The van der Waals surface area contributed by atoms with Crippen LogP contribution in [0, 0.1) is 0 Å². The third-order valence-electron chi connectivity index (χ3n) is 2.09. The number of aryl methyl sites for hydroxylation is 1. The number of rotatable bonds is 3. The average Bonchev–Trinajstić information content (AvgIpc) is 2.31. The predicted molar refractivity (Wildman–Crippen MR) is 61.4 cm³/mol. The molecule has 0 spiro atoms. The van der Waals surface area contributed by atoms with Crippen LogP contribution in [0.5, 0.6) is 0 Å². The molecule has 0 aliphatic rings. The van der Waals surface area contributed by atoms with Gasteiger partial charge < -0.3 is 5.32 Å². The highest BCUT2D eigenvalue weighted by molar-refractivity contribution is 6.39. The first kappa shape index (κ1) is 12.2. The van der Waals surface area contributed by atoms with Gasteiger partial charge >= 0.3 is 11.8 Å². The van der Waals surface area contributed by atoms with Gasteiger partial charge in [-0.25, -0.2) is 5.84 Å². The molecule has 0 atom stereocenters. The quantitative estimate of drug-likeness (QED) is 0.302. The maximum Gasteiger partial charge on any atom is 0.323 e. The molecule has 0 radical (unpaired) electrons. The van der Waals surface area contributed by atoms with Crippen molar-refractivity contribution in [1.82, 2.24) is 5.43 Å². The lowest BCUT2D eigenvalue weighted by molar-refractivity contribution is -0.136. The van der Waals surface area contributed by atoms with E-state index in [2.05, 4.69) is 12.2 Å². The van der Waals surface area contributed by atoms with Crippen molar-refractivity contribution in [2.45, 2.75) is 19.8 Å². The molecule has 0 aliphatic heterocycles. The molecule has 16 heavy (non-hydrogen) atoms. The topological polar surface area (TPSA) is 84.2 Å². The molecule has 5 nitrogen and oxygen atoms in total. The number of nitrogens with two attached hydrogens (primary N) is 1. The number of amides is 2. The van der Waals surface area contributed by atoms with E-state index >= 15 is 0 Å². The van der Waals surface area contributed by atoms with Gasteiger partial charge in [-0.3, -0.25) is 15.0 Å². The second kappa shape index (κ2) is 5.87. The first-order valence-electron chi connectivity index (χ1n) is 5.08. The van der Waals surface area contributed by atoms with E-state index in [1.54, 1.807) is 17.6 Å². The number of nitrogens with one attached hydrogen (secondary N) is 2. The second-order valence-corrected chi connectivity index (χ2v) is 3.37. The van der Waals surface area contributed by atoms with Crippen LogP contribution in [0.4, 0.5) is 5.69 Å². The van der Waals surface area contributed by atoms with Crippen LogP contribution in [-0.2, 0) is 16.0 Å². The van der Waals surface area contributed by atoms with Crippen molar-refractivity contribution in [1.29, 1.82) is 0 Å². The van der Waals surface area contributed by atoms with E-state index in [1.165, 1.54) is 5.56 Å². The van der Waals surface area contributed by atoms with E-state index in [-0.39, 0.29) is 0 Å². The summed E-state index contributed by atoms with van der Waals surface area (Å²) in [5.74, 6) is 3.19. The van der Waals surface area contributed by atoms with Crippen LogP contribution in [-0.4, -0.2) is 11.8 Å². The zero-order chi connectivity index (χ0) is 12.0. The minimum Gasteiger partial charge on any atom is -0.318 e. The molecule has 0 heterocycles. The van der Waals surface area contributed by atoms with Gasteiger partial charge in [-0.1, -0.05) is 25.5 Å². The Morgan fingerprint density at radius 1 is 1.19 bits per heavy atom. The van der Waals surface area contributed by atoms with Crippen LogP contribution in [0.3, 0.4) is 0 Å². The van der Waals surface area contributed by atoms with Crippen LogP contribution in [0.1, 0.15) is 18.9 Å². The molecule has 0 aromatic heterocycles. The first-order valence-corrected chi connectivity index (χ1v) is 5.08. The Kier molecular flexibility index (Phi) is 4.47. The molecule has 0 bridgehead atoms. The van der Waals surface area contributed by atoms with Crippen molar-refractivity contribution in [2.75, 3.05) is 5.32 Å². The number of anilines is 1. The van der Waals surface area contributed by atoms with Crippen molar-refractivity contribution in [3.8, 4) is 0 Å². The monoisotopic (exact) mass is 221 g/mol. The van der Waals surface area contributed by atoms with E-state index < -0.39 is 11.8 Å². The molecule has 1 aromatic carbocycles. The number of benzene rings is 1. The summed E-state index contributed by atoms with van der Waals surface area (Å²) in [6.07, 6.45) is 2.07. The van der Waals surface area contributed by atoms with Gasteiger partial charge in [0.15, 0.2) is 0 Å². The van der Waals surface area contributed by atoms with Gasteiger partial charge in [-0.05, 0) is 24.1 Å². The minimum atomic E-state index is -0.863. The Morgan fingerprint density at radius 3 is 2.31 bits per heavy atom. The molecule has 0 saturated heterocycles. The molecule has 86 valence electrons. The van der Waals surface area contributed by atoms with Gasteiger partial charge in [0.1, 0.15) is 0 Å². The summed E-state index contributed by atoms with van der Waals surface area (Å²) >= 11 is 0. The molecule has 1 rings (SSSR count). The summed E-state index contributed by atoms with van der Waals surface area (Å²) in [7, 11) is 0. The van der Waals surface area contributed by atoms with Crippen LogP contribution in [0.25, 0.3) is 0 Å². The fourth-order valence-corrected chi connectivity index (χ4v) is 1.30. The zero-order valence-electron chi connectivity index (χ0n) is 9.12. The third-order valence-corrected chi connectivity index (χ3v) is 2.09. The molecule has 1 aromatic rings. The zero-order valence-corrected chi connectivity index (χ0v) is 9.12. The van der Waals surface area contributed by atoms with Crippen molar-refractivity contribution >= 4 is 17.5 Å². The van der Waals surface area contributed by atoms with Gasteiger partial charge in [0.2, 0.25) is 0 Å². The summed E-state index contributed by atoms with van der Waals surface area (Å²) in [4.78, 5) is 22.0. The molecule has 5 heteroatoms. The molecule has 4 N–H and O–H groups in total. The lowest BCUT2D eigenvalue weighted by Crippen LogP contribution is -2.39. The summed E-state index contributed by atoms with van der Waals surface area (Å²) in [5.41, 5.74) is 3.54. The predicted octanol–water partition coefficient (Wildman–Crippen LogP) is 0.567. The Bertz CT molecular complexity index is 373. The molecule has 0 aliphatic carbocycles. The first-order chi connectivity index (χ1) is 7.67. The Hall–Kier alpha value is -1.88. The Labute approximate surface area is 94.0 Å². The third kappa shape index (κ3) is 3.36. The van der Waals surface area contributed by atoms with E-state index in [0.29, 0.717) is 5.69 Å². The molecule has 2 amide bonds. The standard InChI is InChI=1S/C11H15N3O2/c1-2-3-8-4-6-9(7-5-8)13-10(15)11(16)14-12/h4-7H,2-3,12H2,1H3,(H,13,15)(H,14,16). The summed E-state index contributed by atoms with van der Waals surface area (Å²) < 4.78 is 0. The largest absolute Gasteiger partial charge is 0.323 e. The maximum atomic E-state index is 11.2. The normalized spacial score (nSPS) is 9.62. The lowest BCUT2D eigenvalue weighted by atomic mass is 10.1. The maximum absolute atomic E-state index is 11.2. The van der Waals surface area contributed by atoms with E-state index in [1.807, 2.05) is 12.1 Å². The smallest absolute Gasteiger partial charge is 0.318 e. The van der Waals surface area contributed by atoms with Gasteiger partial charge in [-0.2, -0.15) is 0 Å². The lowest BCUT2D eigenvalue weighted by Gasteiger charge is -2.04. The summed E-state index contributed by atoms with van der Waals surface area (Å²) in [6.45, 7) is 2.10. The highest BCUT2D eigenvalue weighted by Gasteiger charge is 2.11. The number of carbonyl (C=O) groups excluding carboxylic acids is 2. The van der Waals surface area contributed by atoms with Crippen molar-refractivity contribution in [3.05, 3.63) is 29.8 Å². The molecule has 0 unspecified atom stereocenters. The highest BCUT2D eigenvalue weighted by Crippen LogP contribution is 2.10. The van der Waals surface area contributed by atoms with Gasteiger partial charge in [0.25, 0.3) is 0 Å². The van der Waals surface area contributed by atoms with Crippen molar-refractivity contribution in [2.24, 2.45) is 5.84 Å². The van der Waals surface area contributed by atoms with Gasteiger partial charge in [0, 0.05) is 5.69 Å². The van der Waals surface area contributed by atoms with Crippen LogP contribution in [0.2, 0.25) is 0 Å². The Balaban J connectivity index is 2.61. The van der Waals surface area contributed by atoms with Crippen molar-refractivity contribution in [3.63, 3.8) is 0 Å². The fraction of sp³-hybridized carbons (Fsp3) is 0.273. The van der Waals surface area contributed by atoms with Gasteiger partial charge in [-0.15, -0.1) is 0 Å². The number of hydrogen-bond donors (Lipinski definition) is 3. The van der Waals surface area contributed by atoms with E-state index in [9.17, 15) is 9.59 Å². The summed E-state index contributed by atoms with van der Waals surface area (Å²) in [6, 6.07) is 7.35. The van der Waals surface area contributed by atoms with Gasteiger partial charge in [0.05, 0.1) is 0 Å². The molecule has 0 fully saturated rings. The number of hydrazine groups is 1. The van der Waals surface area contributed by atoms with Crippen molar-refractivity contribution < 1.29 is 9.59 Å². The van der Waals surface area contributed by atoms with E-state index in [0.717, 1.165) is 12.8 Å². The van der Waals surface area contributed by atoms with E-state index in [4.69, 9.17) is 5.84 Å². The SMILES string of the molecule is CCCc1ccc(NC(=O)C(=O)NN)cc1.